The van der Waals surface area contributed by atoms with Crippen molar-refractivity contribution < 1.29 is 9.90 Å². The van der Waals surface area contributed by atoms with Crippen LogP contribution in [0.3, 0.4) is 0 Å². The lowest BCUT2D eigenvalue weighted by Crippen LogP contribution is -2.20. The summed E-state index contributed by atoms with van der Waals surface area (Å²) < 4.78 is 0. The molecule has 1 atom stereocenters. The van der Waals surface area contributed by atoms with Gasteiger partial charge in [-0.25, -0.2) is 0 Å². The number of carbonyl (C=O) groups is 1. The Balaban J connectivity index is 2.41. The Bertz CT molecular complexity index is 159. The number of rotatable bonds is 0. The molecule has 0 unspecified atom stereocenters. The molecule has 0 spiro atoms. The van der Waals surface area contributed by atoms with Gasteiger partial charge in [-0.05, 0) is 39.4 Å². The number of Topliss-reactive ketones (excluding diaryl/α,β-unsaturated/α-hetero) is 1. The predicted molar refractivity (Wildman–Crippen MR) is 47.0 cm³/mol. The molecule has 1 rings (SSSR count). The zero-order chi connectivity index (χ0) is 8.97. The third-order valence-electron chi connectivity index (χ3n) is 2.35. The molecule has 3 heteroatoms. The predicted octanol–water partition coefficient (Wildman–Crippen LogP) is 0.422. The van der Waals surface area contributed by atoms with Gasteiger partial charge >= 0.3 is 0 Å². The maximum atomic E-state index is 11.2. The van der Waals surface area contributed by atoms with Gasteiger partial charge in [0.1, 0.15) is 6.10 Å². The fourth-order valence-corrected chi connectivity index (χ4v) is 1.52. The van der Waals surface area contributed by atoms with Crippen LogP contribution in [-0.4, -0.2) is 42.0 Å². The molecule has 0 aromatic rings. The second kappa shape index (κ2) is 4.58. The summed E-state index contributed by atoms with van der Waals surface area (Å²) in [5.74, 6) is 0.0188. The molecule has 1 aliphatic heterocycles. The fourth-order valence-electron chi connectivity index (χ4n) is 1.52. The van der Waals surface area contributed by atoms with E-state index in [0.29, 0.717) is 12.8 Å². The van der Waals surface area contributed by atoms with Gasteiger partial charge in [0.15, 0.2) is 5.78 Å². The number of hydrogen-bond acceptors (Lipinski definition) is 3. The van der Waals surface area contributed by atoms with E-state index in [0.717, 1.165) is 25.9 Å². The van der Waals surface area contributed by atoms with Crippen molar-refractivity contribution in [2.24, 2.45) is 0 Å². The van der Waals surface area contributed by atoms with E-state index in [4.69, 9.17) is 0 Å². The molecule has 70 valence electrons. The van der Waals surface area contributed by atoms with E-state index in [9.17, 15) is 9.90 Å². The van der Waals surface area contributed by atoms with Gasteiger partial charge in [-0.3, -0.25) is 4.79 Å². The molecule has 0 aromatic heterocycles. The highest BCUT2D eigenvalue weighted by Gasteiger charge is 2.16. The van der Waals surface area contributed by atoms with Crippen LogP contribution in [0.1, 0.15) is 25.7 Å². The molecule has 1 aliphatic rings. The molecule has 0 saturated carbocycles. The second-order valence-electron chi connectivity index (χ2n) is 3.53. The minimum absolute atomic E-state index is 0.0188. The quantitative estimate of drug-likeness (QED) is 0.574. The highest BCUT2D eigenvalue weighted by Crippen LogP contribution is 2.07. The zero-order valence-electron chi connectivity index (χ0n) is 7.62. The van der Waals surface area contributed by atoms with E-state index >= 15 is 0 Å². The lowest BCUT2D eigenvalue weighted by molar-refractivity contribution is -0.127. The van der Waals surface area contributed by atoms with Crippen molar-refractivity contribution in [2.45, 2.75) is 31.8 Å². The second-order valence-corrected chi connectivity index (χ2v) is 3.53. The van der Waals surface area contributed by atoms with Gasteiger partial charge in [-0.2, -0.15) is 0 Å². The number of hydrogen-bond donors (Lipinski definition) is 1. The number of nitrogens with zero attached hydrogens (tertiary/aromatic N) is 1. The van der Waals surface area contributed by atoms with E-state index in [1.165, 1.54) is 0 Å². The Kier molecular flexibility index (Phi) is 3.69. The van der Waals surface area contributed by atoms with E-state index in [2.05, 4.69) is 11.9 Å². The lowest BCUT2D eigenvalue weighted by atomic mass is 10.1. The molecule has 0 amide bonds. The van der Waals surface area contributed by atoms with Crippen LogP contribution in [0.25, 0.3) is 0 Å². The summed E-state index contributed by atoms with van der Waals surface area (Å²) in [5.41, 5.74) is 0. The average molecular weight is 171 g/mol. The van der Waals surface area contributed by atoms with Crippen LogP contribution in [0.4, 0.5) is 0 Å². The van der Waals surface area contributed by atoms with Gasteiger partial charge < -0.3 is 10.0 Å². The normalized spacial score (nSPS) is 29.2. The minimum Gasteiger partial charge on any atom is -0.385 e. The molecule has 1 fully saturated rings. The van der Waals surface area contributed by atoms with Crippen molar-refractivity contribution in [3.05, 3.63) is 0 Å². The Morgan fingerprint density at radius 2 is 2.08 bits per heavy atom. The molecule has 3 nitrogen and oxygen atoms in total. The number of aliphatic hydroxyl groups excluding tert-OH is 1. The van der Waals surface area contributed by atoms with Gasteiger partial charge in [0.2, 0.25) is 0 Å². The molecule has 0 aliphatic carbocycles. The molecule has 1 saturated heterocycles. The summed E-state index contributed by atoms with van der Waals surface area (Å²) >= 11 is 0. The summed E-state index contributed by atoms with van der Waals surface area (Å²) in [6.07, 6.45) is 2.27. The van der Waals surface area contributed by atoms with Crippen molar-refractivity contribution in [2.75, 3.05) is 20.1 Å². The van der Waals surface area contributed by atoms with Gasteiger partial charge in [0.25, 0.3) is 0 Å². The summed E-state index contributed by atoms with van der Waals surface area (Å²) in [7, 11) is 2.06. The Hall–Kier alpha value is -0.410. The molecule has 12 heavy (non-hydrogen) atoms. The van der Waals surface area contributed by atoms with Crippen molar-refractivity contribution in [1.29, 1.82) is 0 Å². The third-order valence-corrected chi connectivity index (χ3v) is 2.35. The van der Waals surface area contributed by atoms with E-state index in [1.807, 2.05) is 0 Å². The van der Waals surface area contributed by atoms with Crippen LogP contribution in [0.15, 0.2) is 0 Å². The number of ketones is 1. The topological polar surface area (TPSA) is 40.5 Å². The van der Waals surface area contributed by atoms with Crippen molar-refractivity contribution in [1.82, 2.24) is 4.90 Å². The average Bonchev–Trinajstić information content (AvgIpc) is 2.08. The van der Waals surface area contributed by atoms with Crippen LogP contribution in [0.2, 0.25) is 0 Å². The van der Waals surface area contributed by atoms with Crippen LogP contribution >= 0.6 is 0 Å². The van der Waals surface area contributed by atoms with Crippen LogP contribution < -0.4 is 0 Å². The Morgan fingerprint density at radius 1 is 1.42 bits per heavy atom. The molecular weight excluding hydrogens is 154 g/mol. The summed E-state index contributed by atoms with van der Waals surface area (Å²) in [6.45, 7) is 1.96. The highest BCUT2D eigenvalue weighted by molar-refractivity contribution is 5.82. The molecule has 1 heterocycles. The standard InChI is InChI=1S/C9H17NO2/c1-10-6-2-4-8(11)9(12)5-3-7-10/h8,11H,2-7H2,1H3/t8-/m0/s1. The zero-order valence-corrected chi connectivity index (χ0v) is 7.62. The molecule has 1 N–H and O–H groups in total. The molecule has 0 bridgehead atoms. The van der Waals surface area contributed by atoms with Crippen LogP contribution in [0.5, 0.6) is 0 Å². The van der Waals surface area contributed by atoms with Gasteiger partial charge in [0.05, 0.1) is 0 Å². The maximum absolute atomic E-state index is 11.2. The first-order valence-electron chi connectivity index (χ1n) is 4.59. The molecular formula is C9H17NO2. The van der Waals surface area contributed by atoms with Gasteiger partial charge in [-0.15, -0.1) is 0 Å². The number of carbonyl (C=O) groups excluding carboxylic acids is 1. The fraction of sp³-hybridized carbons (Fsp3) is 0.889. The van der Waals surface area contributed by atoms with Crippen molar-refractivity contribution >= 4 is 5.78 Å². The summed E-state index contributed by atoms with van der Waals surface area (Å²) in [6, 6.07) is 0. The third kappa shape index (κ3) is 2.91. The minimum atomic E-state index is -0.698. The Labute approximate surface area is 73.4 Å². The van der Waals surface area contributed by atoms with E-state index in [1.54, 1.807) is 0 Å². The summed E-state index contributed by atoms with van der Waals surface area (Å²) in [4.78, 5) is 13.4. The lowest BCUT2D eigenvalue weighted by Gasteiger charge is -2.13. The molecule has 0 radical (unpaired) electrons. The maximum Gasteiger partial charge on any atom is 0.161 e. The SMILES string of the molecule is CN1CCCC(=O)[C@@H](O)CCC1. The monoisotopic (exact) mass is 171 g/mol. The van der Waals surface area contributed by atoms with E-state index in [-0.39, 0.29) is 5.78 Å². The van der Waals surface area contributed by atoms with Gasteiger partial charge in [0, 0.05) is 6.42 Å². The number of aliphatic hydroxyl groups is 1. The Morgan fingerprint density at radius 3 is 2.83 bits per heavy atom. The first-order valence-corrected chi connectivity index (χ1v) is 4.59. The largest absolute Gasteiger partial charge is 0.385 e. The first kappa shape index (κ1) is 9.68. The molecule has 0 aromatic carbocycles. The highest BCUT2D eigenvalue weighted by atomic mass is 16.3. The van der Waals surface area contributed by atoms with Crippen molar-refractivity contribution in [3.8, 4) is 0 Å². The smallest absolute Gasteiger partial charge is 0.161 e. The van der Waals surface area contributed by atoms with Crippen LogP contribution in [-0.2, 0) is 4.79 Å². The summed E-state index contributed by atoms with van der Waals surface area (Å²) in [5, 5.41) is 9.33. The van der Waals surface area contributed by atoms with E-state index < -0.39 is 6.10 Å². The van der Waals surface area contributed by atoms with Gasteiger partial charge in [-0.1, -0.05) is 0 Å². The first-order chi connectivity index (χ1) is 5.70. The van der Waals surface area contributed by atoms with Crippen LogP contribution in [0, 0.1) is 0 Å². The van der Waals surface area contributed by atoms with Crippen molar-refractivity contribution in [3.63, 3.8) is 0 Å².